The number of amides is 2. The van der Waals surface area contributed by atoms with Gasteiger partial charge in [0.25, 0.3) is 5.91 Å². The first kappa shape index (κ1) is 21.9. The summed E-state index contributed by atoms with van der Waals surface area (Å²) in [4.78, 5) is 34.3. The summed E-state index contributed by atoms with van der Waals surface area (Å²) in [5.74, 6) is -0.863. The van der Waals surface area contributed by atoms with Crippen molar-refractivity contribution in [3.05, 3.63) is 70.2 Å². The maximum Gasteiger partial charge on any atom is 0.256 e. The molecule has 0 aliphatic carbocycles. The van der Waals surface area contributed by atoms with Crippen LogP contribution in [0.2, 0.25) is 10.0 Å². The molecule has 0 saturated heterocycles. The van der Waals surface area contributed by atoms with Crippen LogP contribution in [0.5, 0.6) is 11.5 Å². The van der Waals surface area contributed by atoms with Crippen LogP contribution in [-0.4, -0.2) is 35.0 Å². The standard InChI is InChI=1S/C22H18Cl2N4O4/c1-11-17(22(30)27-12-4-3-7-25-8-12)18-13(5-6-16(31-2)20(18)32-11)21(29)28-19-14(23)9-26-10-15(19)24/h3-11,17H,1-2H3,(H,27,30)(H,26,28,29). The van der Waals surface area contributed by atoms with Crippen molar-refractivity contribution >= 4 is 46.4 Å². The number of benzene rings is 1. The average molecular weight is 473 g/mol. The Bertz CT molecular complexity index is 1170. The maximum atomic E-state index is 13.2. The minimum absolute atomic E-state index is 0.187. The number of aromatic nitrogens is 2. The number of ether oxygens (including phenoxy) is 2. The van der Waals surface area contributed by atoms with Crippen molar-refractivity contribution in [2.24, 2.45) is 0 Å². The Morgan fingerprint density at radius 3 is 2.47 bits per heavy atom. The maximum absolute atomic E-state index is 13.2. The molecule has 0 spiro atoms. The number of halogens is 2. The SMILES string of the molecule is COc1ccc(C(=O)Nc2c(Cl)cncc2Cl)c2c1OC(C)C2C(=O)Nc1cccnc1. The Morgan fingerprint density at radius 2 is 1.81 bits per heavy atom. The third-order valence-corrected chi connectivity index (χ3v) is 5.59. The molecule has 0 fully saturated rings. The molecule has 3 heterocycles. The van der Waals surface area contributed by atoms with Crippen molar-refractivity contribution in [1.82, 2.24) is 9.97 Å². The molecule has 8 nitrogen and oxygen atoms in total. The molecule has 1 aliphatic rings. The summed E-state index contributed by atoms with van der Waals surface area (Å²) < 4.78 is 11.3. The molecule has 2 unspecified atom stereocenters. The minimum atomic E-state index is -0.774. The van der Waals surface area contributed by atoms with Gasteiger partial charge in [-0.2, -0.15) is 0 Å². The van der Waals surface area contributed by atoms with Crippen LogP contribution in [0.3, 0.4) is 0 Å². The molecule has 32 heavy (non-hydrogen) atoms. The smallest absolute Gasteiger partial charge is 0.256 e. The fraction of sp³-hybridized carbons (Fsp3) is 0.182. The number of methoxy groups -OCH3 is 1. The third kappa shape index (κ3) is 4.06. The molecule has 0 radical (unpaired) electrons. The lowest BCUT2D eigenvalue weighted by Gasteiger charge is -2.17. The molecule has 2 N–H and O–H groups in total. The summed E-state index contributed by atoms with van der Waals surface area (Å²) in [6.45, 7) is 1.76. The number of rotatable bonds is 5. The number of hydrogen-bond donors (Lipinski definition) is 2. The molecule has 1 aromatic carbocycles. The molecule has 0 bridgehead atoms. The van der Waals surface area contributed by atoms with Gasteiger partial charge in [0.05, 0.1) is 34.7 Å². The highest BCUT2D eigenvalue weighted by Crippen LogP contribution is 2.47. The first-order chi connectivity index (χ1) is 15.4. The van der Waals surface area contributed by atoms with E-state index >= 15 is 0 Å². The van der Waals surface area contributed by atoms with Crippen molar-refractivity contribution in [3.8, 4) is 11.5 Å². The highest BCUT2D eigenvalue weighted by Gasteiger charge is 2.42. The number of carbonyl (C=O) groups is 2. The zero-order valence-electron chi connectivity index (χ0n) is 17.1. The van der Waals surface area contributed by atoms with E-state index in [2.05, 4.69) is 20.6 Å². The summed E-state index contributed by atoms with van der Waals surface area (Å²) in [5.41, 5.74) is 1.40. The zero-order chi connectivity index (χ0) is 22.8. The van der Waals surface area contributed by atoms with Gasteiger partial charge in [-0.15, -0.1) is 0 Å². The van der Waals surface area contributed by atoms with E-state index in [0.29, 0.717) is 22.7 Å². The number of nitrogens with one attached hydrogen (secondary N) is 2. The van der Waals surface area contributed by atoms with Gasteiger partial charge in [-0.1, -0.05) is 23.2 Å². The molecule has 2 atom stereocenters. The predicted octanol–water partition coefficient (Wildman–Crippen LogP) is 4.55. The largest absolute Gasteiger partial charge is 0.493 e. The lowest BCUT2D eigenvalue weighted by molar-refractivity contribution is -0.118. The molecule has 2 aromatic heterocycles. The number of hydrogen-bond acceptors (Lipinski definition) is 6. The molecule has 0 saturated carbocycles. The summed E-state index contributed by atoms with van der Waals surface area (Å²) >= 11 is 12.3. The van der Waals surface area contributed by atoms with E-state index in [1.807, 2.05) is 0 Å². The van der Waals surface area contributed by atoms with E-state index in [0.717, 1.165) is 0 Å². The number of fused-ring (bicyclic) bond motifs is 1. The predicted molar refractivity (Wildman–Crippen MR) is 121 cm³/mol. The van der Waals surface area contributed by atoms with Crippen LogP contribution in [0.1, 0.15) is 28.8 Å². The lowest BCUT2D eigenvalue weighted by atomic mass is 9.90. The van der Waals surface area contributed by atoms with Crippen LogP contribution in [0.4, 0.5) is 11.4 Å². The highest BCUT2D eigenvalue weighted by atomic mass is 35.5. The second kappa shape index (κ2) is 9.02. The topological polar surface area (TPSA) is 102 Å². The van der Waals surface area contributed by atoms with Gasteiger partial charge in [0.15, 0.2) is 11.5 Å². The molecule has 4 rings (SSSR count). The second-order valence-corrected chi connectivity index (χ2v) is 7.84. The molecular formula is C22H18Cl2N4O4. The van der Waals surface area contributed by atoms with Crippen molar-refractivity contribution in [2.75, 3.05) is 17.7 Å². The van der Waals surface area contributed by atoms with Crippen LogP contribution in [0.15, 0.2) is 49.1 Å². The quantitative estimate of drug-likeness (QED) is 0.564. The first-order valence-corrected chi connectivity index (χ1v) is 10.3. The lowest BCUT2D eigenvalue weighted by Crippen LogP contribution is -2.29. The van der Waals surface area contributed by atoms with E-state index in [1.165, 1.54) is 25.7 Å². The third-order valence-electron chi connectivity index (χ3n) is 5.01. The number of anilines is 2. The van der Waals surface area contributed by atoms with Crippen LogP contribution in [-0.2, 0) is 4.79 Å². The fourth-order valence-corrected chi connectivity index (χ4v) is 4.03. The molecule has 1 aliphatic heterocycles. The van der Waals surface area contributed by atoms with E-state index in [9.17, 15) is 9.59 Å². The van der Waals surface area contributed by atoms with Gasteiger partial charge in [-0.3, -0.25) is 19.6 Å². The van der Waals surface area contributed by atoms with E-state index in [-0.39, 0.29) is 27.2 Å². The van der Waals surface area contributed by atoms with Gasteiger partial charge in [0.2, 0.25) is 5.91 Å². The van der Waals surface area contributed by atoms with Crippen LogP contribution >= 0.6 is 23.2 Å². The minimum Gasteiger partial charge on any atom is -0.493 e. The molecule has 164 valence electrons. The Balaban J connectivity index is 1.73. The van der Waals surface area contributed by atoms with Crippen molar-refractivity contribution < 1.29 is 19.1 Å². The number of pyridine rings is 2. The summed E-state index contributed by atoms with van der Waals surface area (Å²) in [5, 5.41) is 5.90. The molecule has 2 amide bonds. The molecular weight excluding hydrogens is 455 g/mol. The summed E-state index contributed by atoms with van der Waals surface area (Å²) in [7, 11) is 1.49. The second-order valence-electron chi connectivity index (χ2n) is 7.02. The fourth-order valence-electron chi connectivity index (χ4n) is 3.57. The Labute approximate surface area is 193 Å². The molecule has 10 heteroatoms. The monoisotopic (exact) mass is 472 g/mol. The van der Waals surface area contributed by atoms with Gasteiger partial charge in [0.1, 0.15) is 12.0 Å². The van der Waals surface area contributed by atoms with Crippen LogP contribution in [0, 0.1) is 0 Å². The van der Waals surface area contributed by atoms with Gasteiger partial charge in [-0.05, 0) is 31.2 Å². The van der Waals surface area contributed by atoms with Crippen molar-refractivity contribution in [3.63, 3.8) is 0 Å². The number of carbonyl (C=O) groups excluding carboxylic acids is 2. The highest BCUT2D eigenvalue weighted by molar-refractivity contribution is 6.39. The van der Waals surface area contributed by atoms with Gasteiger partial charge in [0, 0.05) is 29.7 Å². The van der Waals surface area contributed by atoms with Gasteiger partial charge >= 0.3 is 0 Å². The first-order valence-electron chi connectivity index (χ1n) is 9.59. The van der Waals surface area contributed by atoms with E-state index < -0.39 is 17.9 Å². The Kier molecular flexibility index (Phi) is 6.16. The van der Waals surface area contributed by atoms with E-state index in [4.69, 9.17) is 32.7 Å². The van der Waals surface area contributed by atoms with Crippen molar-refractivity contribution in [1.29, 1.82) is 0 Å². The summed E-state index contributed by atoms with van der Waals surface area (Å²) in [6, 6.07) is 6.61. The van der Waals surface area contributed by atoms with E-state index in [1.54, 1.807) is 37.4 Å². The van der Waals surface area contributed by atoms with Gasteiger partial charge in [-0.25, -0.2) is 0 Å². The number of nitrogens with zero attached hydrogens (tertiary/aromatic N) is 2. The Hall–Kier alpha value is -3.36. The average Bonchev–Trinajstić information content (AvgIpc) is 3.13. The normalized spacial score (nSPS) is 16.6. The van der Waals surface area contributed by atoms with Crippen molar-refractivity contribution in [2.45, 2.75) is 18.9 Å². The van der Waals surface area contributed by atoms with Gasteiger partial charge < -0.3 is 20.1 Å². The van der Waals surface area contributed by atoms with Crippen LogP contribution in [0.25, 0.3) is 0 Å². The molecule has 3 aromatic rings. The van der Waals surface area contributed by atoms with Crippen LogP contribution < -0.4 is 20.1 Å². The zero-order valence-corrected chi connectivity index (χ0v) is 18.6. The Morgan fingerprint density at radius 1 is 1.06 bits per heavy atom. The summed E-state index contributed by atoms with van der Waals surface area (Å²) in [6.07, 6.45) is 5.34.